The van der Waals surface area contributed by atoms with Crippen molar-refractivity contribution in [2.24, 2.45) is 5.41 Å². The molecule has 1 spiro atoms. The number of hydrogen-bond donors (Lipinski definition) is 1. The van der Waals surface area contributed by atoms with Crippen LogP contribution in [-0.2, 0) is 9.53 Å². The third kappa shape index (κ3) is 6.94. The van der Waals surface area contributed by atoms with Crippen molar-refractivity contribution in [2.75, 3.05) is 60.1 Å². The Morgan fingerprint density at radius 2 is 1.90 bits per heavy atom. The van der Waals surface area contributed by atoms with Crippen LogP contribution in [0, 0.1) is 5.41 Å². The summed E-state index contributed by atoms with van der Waals surface area (Å²) in [6.45, 7) is 4.61. The van der Waals surface area contributed by atoms with E-state index in [1.54, 1.807) is 6.07 Å². The van der Waals surface area contributed by atoms with E-state index in [0.29, 0.717) is 44.1 Å². The predicted molar refractivity (Wildman–Crippen MR) is 120 cm³/mol. The number of rotatable bonds is 3. The molecule has 0 bridgehead atoms. The van der Waals surface area contributed by atoms with Gasteiger partial charge in [-0.15, -0.1) is 0 Å². The molecule has 7 nitrogen and oxygen atoms in total. The molecule has 2 heterocycles. The number of benzene rings is 1. The van der Waals surface area contributed by atoms with Crippen LogP contribution in [0.15, 0.2) is 24.3 Å². The molecule has 1 aromatic rings. The largest absolute Gasteiger partial charge is 0.492 e. The van der Waals surface area contributed by atoms with Crippen molar-refractivity contribution in [3.05, 3.63) is 29.8 Å². The van der Waals surface area contributed by atoms with Crippen LogP contribution < -0.4 is 10.1 Å². The van der Waals surface area contributed by atoms with Gasteiger partial charge in [-0.2, -0.15) is 0 Å². The summed E-state index contributed by atoms with van der Waals surface area (Å²) < 4.78 is 12.0. The molecule has 1 N–H and O–H groups in total. The average Bonchev–Trinajstić information content (AvgIpc) is 2.78. The first-order chi connectivity index (χ1) is 15.0. The summed E-state index contributed by atoms with van der Waals surface area (Å²) in [6.07, 6.45) is 5.54. The number of fused-ring (bicyclic) bond motifs is 1. The highest BCUT2D eigenvalue weighted by molar-refractivity contribution is 5.96. The van der Waals surface area contributed by atoms with Crippen LogP contribution in [0.5, 0.6) is 5.75 Å². The smallest absolute Gasteiger partial charge is 0.255 e. The van der Waals surface area contributed by atoms with Gasteiger partial charge >= 0.3 is 0 Å². The van der Waals surface area contributed by atoms with Crippen LogP contribution in [0.1, 0.15) is 48.9 Å². The molecule has 2 aliphatic heterocycles. The van der Waals surface area contributed by atoms with Gasteiger partial charge < -0.3 is 24.6 Å². The molecule has 0 radical (unpaired) electrons. The number of para-hydroxylation sites is 1. The standard InChI is InChI=1S/C24H37N3O4/c1-26(2)14-9-22(28)27-15-11-24(12-16-27)10-5-6-17-30-18-13-25-23(29)20-7-3-4-8-21(20)31-19-24/h3-4,7-8H,5-6,9-19H2,1-2H3,(H,25,29). The predicted octanol–water partition coefficient (Wildman–Crippen LogP) is 2.56. The fourth-order valence-electron chi connectivity index (χ4n) is 4.32. The van der Waals surface area contributed by atoms with Crippen molar-refractivity contribution in [3.63, 3.8) is 0 Å². The van der Waals surface area contributed by atoms with Crippen LogP contribution in [0.25, 0.3) is 0 Å². The maximum absolute atomic E-state index is 12.6. The molecule has 1 saturated heterocycles. The van der Waals surface area contributed by atoms with E-state index in [2.05, 4.69) is 5.32 Å². The zero-order valence-electron chi connectivity index (χ0n) is 19.0. The van der Waals surface area contributed by atoms with Crippen LogP contribution in [0.4, 0.5) is 0 Å². The summed E-state index contributed by atoms with van der Waals surface area (Å²) in [5, 5.41) is 2.91. The summed E-state index contributed by atoms with van der Waals surface area (Å²) in [4.78, 5) is 29.2. The number of carbonyl (C=O) groups is 2. The number of ether oxygens (including phenoxy) is 2. The summed E-state index contributed by atoms with van der Waals surface area (Å²) in [6, 6.07) is 7.42. The Labute approximate surface area is 186 Å². The molecule has 0 saturated carbocycles. The minimum Gasteiger partial charge on any atom is -0.492 e. The molecule has 7 heteroatoms. The maximum atomic E-state index is 12.6. The zero-order valence-corrected chi connectivity index (χ0v) is 19.0. The van der Waals surface area contributed by atoms with E-state index in [4.69, 9.17) is 9.47 Å². The van der Waals surface area contributed by atoms with Gasteiger partial charge in [-0.1, -0.05) is 18.6 Å². The first-order valence-electron chi connectivity index (χ1n) is 11.5. The van der Waals surface area contributed by atoms with Crippen LogP contribution >= 0.6 is 0 Å². The molecular formula is C24H37N3O4. The van der Waals surface area contributed by atoms with Gasteiger partial charge in [0.1, 0.15) is 5.75 Å². The second-order valence-corrected chi connectivity index (χ2v) is 9.04. The van der Waals surface area contributed by atoms with Gasteiger partial charge in [-0.3, -0.25) is 9.59 Å². The van der Waals surface area contributed by atoms with Crippen LogP contribution in [0.3, 0.4) is 0 Å². The Bertz CT molecular complexity index is 729. The normalized spacial score (nSPS) is 20.5. The van der Waals surface area contributed by atoms with E-state index in [0.717, 1.165) is 51.7 Å². The Balaban J connectivity index is 1.68. The van der Waals surface area contributed by atoms with Gasteiger partial charge in [0.15, 0.2) is 0 Å². The van der Waals surface area contributed by atoms with Gasteiger partial charge in [-0.25, -0.2) is 0 Å². The van der Waals surface area contributed by atoms with Crippen molar-refractivity contribution in [3.8, 4) is 5.75 Å². The summed E-state index contributed by atoms with van der Waals surface area (Å²) in [5.74, 6) is 0.731. The number of nitrogens with one attached hydrogen (secondary N) is 1. The molecule has 0 aliphatic carbocycles. The topological polar surface area (TPSA) is 71.1 Å². The molecule has 0 atom stereocenters. The molecule has 3 rings (SSSR count). The molecule has 2 aliphatic rings. The minimum atomic E-state index is -0.133. The van der Waals surface area contributed by atoms with Crippen molar-refractivity contribution in [1.82, 2.24) is 15.1 Å². The lowest BCUT2D eigenvalue weighted by Gasteiger charge is -2.42. The van der Waals surface area contributed by atoms with Crippen molar-refractivity contribution < 1.29 is 19.1 Å². The fraction of sp³-hybridized carbons (Fsp3) is 0.667. The number of nitrogens with zero attached hydrogens (tertiary/aromatic N) is 2. The van der Waals surface area contributed by atoms with Crippen molar-refractivity contribution in [1.29, 1.82) is 0 Å². The van der Waals surface area contributed by atoms with E-state index in [-0.39, 0.29) is 17.2 Å². The quantitative estimate of drug-likeness (QED) is 0.797. The highest BCUT2D eigenvalue weighted by atomic mass is 16.5. The zero-order chi connectivity index (χ0) is 22.1. The molecule has 2 amide bonds. The molecule has 0 unspecified atom stereocenters. The van der Waals surface area contributed by atoms with Gasteiger partial charge in [0.25, 0.3) is 5.91 Å². The first-order valence-corrected chi connectivity index (χ1v) is 11.5. The fourth-order valence-corrected chi connectivity index (χ4v) is 4.32. The number of amides is 2. The van der Waals surface area contributed by atoms with Crippen LogP contribution in [-0.4, -0.2) is 81.7 Å². The van der Waals surface area contributed by atoms with Gasteiger partial charge in [0.05, 0.1) is 18.8 Å². The first kappa shape index (κ1) is 23.5. The highest BCUT2D eigenvalue weighted by Crippen LogP contribution is 2.38. The second kappa shape index (κ2) is 11.5. The minimum absolute atomic E-state index is 0.0199. The van der Waals surface area contributed by atoms with Gasteiger partial charge in [0, 0.05) is 44.6 Å². The number of hydrogen-bond acceptors (Lipinski definition) is 5. The van der Waals surface area contributed by atoms with Crippen molar-refractivity contribution in [2.45, 2.75) is 38.5 Å². The lowest BCUT2D eigenvalue weighted by atomic mass is 9.75. The Kier molecular flexibility index (Phi) is 8.72. The average molecular weight is 432 g/mol. The molecule has 1 fully saturated rings. The molecule has 0 aromatic heterocycles. The Morgan fingerprint density at radius 1 is 1.13 bits per heavy atom. The molecular weight excluding hydrogens is 394 g/mol. The third-order valence-corrected chi connectivity index (χ3v) is 6.39. The lowest BCUT2D eigenvalue weighted by molar-refractivity contribution is -0.134. The monoisotopic (exact) mass is 431 g/mol. The molecule has 1 aromatic carbocycles. The molecule has 31 heavy (non-hydrogen) atoms. The van der Waals surface area contributed by atoms with E-state index in [1.165, 1.54) is 0 Å². The van der Waals surface area contributed by atoms with E-state index in [9.17, 15) is 9.59 Å². The van der Waals surface area contributed by atoms with E-state index in [1.807, 2.05) is 42.1 Å². The Hall–Kier alpha value is -2.12. The van der Waals surface area contributed by atoms with Gasteiger partial charge in [-0.05, 0) is 51.9 Å². The lowest BCUT2D eigenvalue weighted by Crippen LogP contribution is -2.46. The van der Waals surface area contributed by atoms with E-state index >= 15 is 0 Å². The summed E-state index contributed by atoms with van der Waals surface area (Å²) >= 11 is 0. The maximum Gasteiger partial charge on any atom is 0.255 e. The SMILES string of the molecule is CN(C)CCC(=O)N1CCC2(CCCCOCCNC(=O)c3ccccc3OC2)CC1. The second-order valence-electron chi connectivity index (χ2n) is 9.04. The third-order valence-electron chi connectivity index (χ3n) is 6.39. The number of piperidine rings is 1. The van der Waals surface area contributed by atoms with Gasteiger partial charge in [0.2, 0.25) is 5.91 Å². The number of likely N-dealkylation sites (tertiary alicyclic amines) is 1. The molecule has 172 valence electrons. The summed E-state index contributed by atoms with van der Waals surface area (Å²) in [5.41, 5.74) is 0.581. The van der Waals surface area contributed by atoms with Crippen molar-refractivity contribution >= 4 is 11.8 Å². The Morgan fingerprint density at radius 3 is 2.68 bits per heavy atom. The van der Waals surface area contributed by atoms with Crippen LogP contribution in [0.2, 0.25) is 0 Å². The summed E-state index contributed by atoms with van der Waals surface area (Å²) in [7, 11) is 3.99. The van der Waals surface area contributed by atoms with E-state index < -0.39 is 0 Å². The number of carbonyl (C=O) groups excluding carboxylic acids is 2. The highest BCUT2D eigenvalue weighted by Gasteiger charge is 2.36.